The zero-order valence-electron chi connectivity index (χ0n) is 81.4. The first-order valence-corrected chi connectivity index (χ1v) is 52.2. The summed E-state index contributed by atoms with van der Waals surface area (Å²) in [4.78, 5) is 37.0. The molecule has 0 saturated heterocycles. The summed E-state index contributed by atoms with van der Waals surface area (Å²) in [6.45, 7) is 32.4. The lowest BCUT2D eigenvalue weighted by atomic mass is 9.47. The number of benzene rings is 4. The fraction of sp³-hybridized carbons (Fsp3) is 0.746. The Bertz CT molecular complexity index is 3660. The molecule has 4 aromatic carbocycles. The van der Waals surface area contributed by atoms with E-state index >= 15 is 0 Å². The molecule has 11 atom stereocenters. The highest BCUT2D eigenvalue weighted by molar-refractivity contribution is 5.92. The molecule has 0 amide bonds. The second-order valence-corrected chi connectivity index (χ2v) is 42.3. The highest BCUT2D eigenvalue weighted by Gasteiger charge is 2.59. The van der Waals surface area contributed by atoms with Crippen LogP contribution in [0.2, 0.25) is 0 Å². The summed E-state index contributed by atoms with van der Waals surface area (Å²) in [6, 6.07) is 25.8. The lowest BCUT2D eigenvalue weighted by Gasteiger charge is -2.58. The van der Waals surface area contributed by atoms with Gasteiger partial charge in [-0.3, -0.25) is 4.79 Å². The van der Waals surface area contributed by atoms with E-state index in [2.05, 4.69) is 113 Å². The van der Waals surface area contributed by atoms with Gasteiger partial charge in [-0.15, -0.1) is 0 Å². The van der Waals surface area contributed by atoms with Crippen molar-refractivity contribution in [2.75, 3.05) is 7.11 Å². The number of allylic oxidation sites excluding steroid dienone is 1. The summed E-state index contributed by atoms with van der Waals surface area (Å²) in [5.74, 6) is 12.0. The molecular weight excluding hydrogens is 1540 g/mol. The minimum atomic E-state index is -0.531. The SMILES string of the molecule is CCCC1CCC(C2CCC(c3ccc(CC(C)CC)cc3)CC2)CC1.CCCCCCC(C)OC(=O)c1ccc(OC(=O)c2ccc(OC)cc2)cc1.CCCCCCC(C)Oc1c(F)cc(C2CCC(C3CCC(CCC)CC3)CC2)cc1F.CCCCCCCCC(=O)O[C@H]1CC[C@@]2(C)C(=CC[C@H]3[C@@H]4CC[C@H]([C@H](C)CCCC(C)C)[C@@]4(C)CC[C@@H]32)C1. The first kappa shape index (κ1) is 102. The Labute approximate surface area is 756 Å². The second kappa shape index (κ2) is 53.6. The summed E-state index contributed by atoms with van der Waals surface area (Å²) in [5.41, 5.74) is 7.36. The van der Waals surface area contributed by atoms with Gasteiger partial charge in [0.1, 0.15) is 17.6 Å². The average molecular weight is 1710 g/mol. The van der Waals surface area contributed by atoms with Crippen molar-refractivity contribution in [3.8, 4) is 17.2 Å². The van der Waals surface area contributed by atoms with E-state index in [1.165, 1.54) is 250 Å². The molecule has 3 unspecified atom stereocenters. The van der Waals surface area contributed by atoms with E-state index in [0.29, 0.717) is 39.9 Å². The molecule has 124 heavy (non-hydrogen) atoms. The predicted octanol–water partition coefficient (Wildman–Crippen LogP) is 33.9. The van der Waals surface area contributed by atoms with E-state index in [9.17, 15) is 23.2 Å². The number of esters is 3. The number of hydrogen-bond acceptors (Lipinski definition) is 8. The van der Waals surface area contributed by atoms with Crippen molar-refractivity contribution < 1.29 is 46.8 Å². The minimum absolute atomic E-state index is 0.0522. The fourth-order valence-electron chi connectivity index (χ4n) is 24.8. The number of methoxy groups -OCH3 is 1. The van der Waals surface area contributed by atoms with E-state index in [-0.39, 0.29) is 41.9 Å². The number of hydrogen-bond donors (Lipinski definition) is 0. The van der Waals surface area contributed by atoms with Crippen molar-refractivity contribution in [3.63, 3.8) is 0 Å². The topological polar surface area (TPSA) is 97.4 Å². The third-order valence-electron chi connectivity index (χ3n) is 32.8. The van der Waals surface area contributed by atoms with Gasteiger partial charge in [0.15, 0.2) is 17.4 Å². The van der Waals surface area contributed by atoms with Gasteiger partial charge in [-0.25, -0.2) is 18.4 Å². The van der Waals surface area contributed by atoms with Crippen LogP contribution >= 0.6 is 0 Å². The molecule has 0 spiro atoms. The zero-order valence-corrected chi connectivity index (χ0v) is 81.4. The van der Waals surface area contributed by atoms with E-state index in [1.54, 1.807) is 78.9 Å². The van der Waals surface area contributed by atoms with Crippen LogP contribution in [0.5, 0.6) is 17.2 Å². The molecule has 7 saturated carbocycles. The Hall–Kier alpha value is -5.51. The van der Waals surface area contributed by atoms with Gasteiger partial charge in [0.2, 0.25) is 0 Å². The van der Waals surface area contributed by atoms with Crippen LogP contribution in [-0.2, 0) is 20.7 Å². The van der Waals surface area contributed by atoms with Crippen LogP contribution in [0.25, 0.3) is 0 Å². The Balaban J connectivity index is 0.000000189. The van der Waals surface area contributed by atoms with Crippen molar-refractivity contribution in [1.82, 2.24) is 0 Å². The third kappa shape index (κ3) is 31.4. The van der Waals surface area contributed by atoms with Gasteiger partial charge in [0, 0.05) is 12.8 Å². The van der Waals surface area contributed by atoms with Crippen LogP contribution in [-0.4, -0.2) is 43.3 Å². The van der Waals surface area contributed by atoms with E-state index < -0.39 is 17.6 Å². The normalized spacial score (nSPS) is 27.5. The molecule has 0 radical (unpaired) electrons. The van der Waals surface area contributed by atoms with Gasteiger partial charge in [-0.1, -0.05) is 267 Å². The number of fused-ring (bicyclic) bond motifs is 5. The van der Waals surface area contributed by atoms with Crippen LogP contribution in [0.3, 0.4) is 0 Å². The summed E-state index contributed by atoms with van der Waals surface area (Å²) in [7, 11) is 1.56. The predicted molar refractivity (Wildman–Crippen MR) is 514 cm³/mol. The molecule has 8 nitrogen and oxygen atoms in total. The van der Waals surface area contributed by atoms with Crippen molar-refractivity contribution in [2.24, 2.45) is 87.8 Å². The van der Waals surface area contributed by atoms with Crippen LogP contribution < -0.4 is 14.2 Å². The van der Waals surface area contributed by atoms with Crippen LogP contribution in [0.1, 0.15) is 461 Å². The first-order valence-electron chi connectivity index (χ1n) is 52.2. The number of carbonyl (C=O) groups excluding carboxylic acids is 3. The molecule has 10 heteroatoms. The summed E-state index contributed by atoms with van der Waals surface area (Å²) in [6.07, 6.45) is 66.1. The lowest BCUT2D eigenvalue weighted by molar-refractivity contribution is -0.151. The van der Waals surface area contributed by atoms with Gasteiger partial charge < -0.3 is 23.7 Å². The van der Waals surface area contributed by atoms with Gasteiger partial charge in [-0.2, -0.15) is 0 Å². The molecule has 7 fully saturated rings. The smallest absolute Gasteiger partial charge is 0.343 e. The third-order valence-corrected chi connectivity index (χ3v) is 32.8. The quantitative estimate of drug-likeness (QED) is 0.0188. The maximum atomic E-state index is 14.8. The maximum Gasteiger partial charge on any atom is 0.343 e. The first-order chi connectivity index (χ1) is 59.9. The molecule has 0 heterocycles. The number of ether oxygens (including phenoxy) is 5. The molecule has 12 rings (SSSR count). The summed E-state index contributed by atoms with van der Waals surface area (Å²) >= 11 is 0. The van der Waals surface area contributed by atoms with E-state index in [1.807, 2.05) is 13.8 Å². The number of carbonyl (C=O) groups is 3. The molecule has 8 aliphatic carbocycles. The van der Waals surface area contributed by atoms with Crippen molar-refractivity contribution in [3.05, 3.63) is 136 Å². The number of rotatable bonds is 41. The molecule has 0 aromatic heterocycles. The van der Waals surface area contributed by atoms with Gasteiger partial charge in [0.25, 0.3) is 0 Å². The monoisotopic (exact) mass is 1710 g/mol. The van der Waals surface area contributed by atoms with Crippen molar-refractivity contribution in [1.29, 1.82) is 0 Å². The minimum Gasteiger partial charge on any atom is -0.497 e. The highest BCUT2D eigenvalue weighted by Crippen LogP contribution is 2.68. The molecule has 0 aliphatic heterocycles. The Morgan fingerprint density at radius 3 is 1.52 bits per heavy atom. The fourth-order valence-corrected chi connectivity index (χ4v) is 24.8. The highest BCUT2D eigenvalue weighted by atomic mass is 19.1. The van der Waals surface area contributed by atoms with Gasteiger partial charge in [-0.05, 0) is 351 Å². The molecule has 0 N–H and O–H groups in total. The molecule has 696 valence electrons. The zero-order chi connectivity index (χ0) is 89.0. The second-order valence-electron chi connectivity index (χ2n) is 42.3. The van der Waals surface area contributed by atoms with Gasteiger partial charge >= 0.3 is 17.9 Å². The summed E-state index contributed by atoms with van der Waals surface area (Å²) < 4.78 is 57.1. The molecule has 0 bridgehead atoms. The van der Waals surface area contributed by atoms with Crippen LogP contribution in [0, 0.1) is 99.4 Å². The Morgan fingerprint density at radius 1 is 0.476 bits per heavy atom. The molecule has 8 aliphatic rings. The Morgan fingerprint density at radius 2 is 0.984 bits per heavy atom. The largest absolute Gasteiger partial charge is 0.497 e. The summed E-state index contributed by atoms with van der Waals surface area (Å²) in [5, 5.41) is 0. The molecular formula is C114H178F2O8. The van der Waals surface area contributed by atoms with Crippen LogP contribution in [0.15, 0.2) is 96.6 Å². The van der Waals surface area contributed by atoms with Crippen molar-refractivity contribution in [2.45, 2.75) is 448 Å². The number of halogens is 2. The lowest BCUT2D eigenvalue weighted by Crippen LogP contribution is -2.51. The molecule has 4 aromatic rings. The Kier molecular flexibility index (Phi) is 44.2. The van der Waals surface area contributed by atoms with E-state index in [4.69, 9.17) is 23.7 Å². The van der Waals surface area contributed by atoms with Gasteiger partial charge in [0.05, 0.1) is 30.4 Å². The number of unbranched alkanes of at least 4 members (excludes halogenated alkanes) is 11. The van der Waals surface area contributed by atoms with Crippen molar-refractivity contribution >= 4 is 17.9 Å². The van der Waals surface area contributed by atoms with E-state index in [0.717, 1.165) is 159 Å². The average Bonchev–Trinajstić information content (AvgIpc) is 1.52. The standard InChI is InChI=1S/C36H62O2.C29H46F2O.C26H42.C23H28O5/c1-7-8-9-10-11-12-16-34(37)38-29-21-23-35(5)28(25-29)17-18-30-32-20-19-31(27(4)15-13-14-26(2)3)36(32,6)24-22-33(30)35;1-4-6-7-8-10-21(3)32-29-27(30)19-26(20-28(29)31)25-17-15-24(16-18-25)23-13-11-22(9-5-2)12-14-23;1-4-6-21-7-11-23(12-8-21)25-15-17-26(18-16-25)24-13-9-22(10-14-24)19-20(3)5-2;1-4-5-6-7-8-17(2)27-22(24)18-11-15-21(16-12-18)28-23(25)19-9-13-20(26-3)14-10-19/h17,26-27,29-33H,7-16,18-25H2,1-6H3;19-25H,4-18H2,1-3H3;9-10,13-14,20-21,23,25-26H,4-8,11-12,15-19H2,1-3H3;9-17H,4-8H2,1-3H3/t27-,29+,30+,31-,32+,33+,35+,36-;;;/m1.../s1. The maximum absolute atomic E-state index is 14.8. The van der Waals surface area contributed by atoms with Crippen LogP contribution in [0.4, 0.5) is 8.78 Å².